The Labute approximate surface area is 223 Å². The molecule has 4 rings (SSSR count). The lowest BCUT2D eigenvalue weighted by atomic mass is 9.86. The van der Waals surface area contributed by atoms with E-state index in [9.17, 15) is 22.8 Å². The summed E-state index contributed by atoms with van der Waals surface area (Å²) in [5, 5.41) is 0.711. The molecule has 6 nitrogen and oxygen atoms in total. The van der Waals surface area contributed by atoms with Gasteiger partial charge >= 0.3 is 18.4 Å². The number of amides is 2. The Morgan fingerprint density at radius 1 is 1.11 bits per heavy atom. The van der Waals surface area contributed by atoms with Crippen molar-refractivity contribution >= 4 is 41.1 Å². The zero-order chi connectivity index (χ0) is 27.1. The van der Waals surface area contributed by atoms with Gasteiger partial charge in [0.15, 0.2) is 0 Å². The minimum absolute atomic E-state index is 0.0128. The van der Waals surface area contributed by atoms with Gasteiger partial charge in [0.05, 0.1) is 30.5 Å². The summed E-state index contributed by atoms with van der Waals surface area (Å²) in [5.74, 6) is 0.137. The highest BCUT2D eigenvalue weighted by Gasteiger charge is 2.47. The average molecular weight is 559 g/mol. The number of halogens is 5. The number of anilines is 1. The molecular formula is C26H27Cl2F3N2O4. The molecule has 0 N–H and O–H groups in total. The van der Waals surface area contributed by atoms with E-state index in [0.29, 0.717) is 15.6 Å². The smallest absolute Gasteiger partial charge is 0.416 e. The third-order valence-corrected chi connectivity index (χ3v) is 6.97. The van der Waals surface area contributed by atoms with Crippen molar-refractivity contribution in [3.8, 4) is 0 Å². The zero-order valence-corrected chi connectivity index (χ0v) is 22.0. The number of hydrogen-bond donors (Lipinski definition) is 0. The van der Waals surface area contributed by atoms with E-state index in [4.69, 9.17) is 32.7 Å². The SMILES string of the molecule is COC(=O)N(Cc1cc(Cl)cc(Cl)c1)[C@H]1C[C@@H](C2CC2)N(C(=O)OC(C)C)c2ccc(C(F)(F)F)cc21. The molecule has 1 aliphatic carbocycles. The first kappa shape index (κ1) is 27.4. The highest BCUT2D eigenvalue weighted by molar-refractivity contribution is 6.34. The Morgan fingerprint density at radius 3 is 2.30 bits per heavy atom. The van der Waals surface area contributed by atoms with Gasteiger partial charge in [0.2, 0.25) is 0 Å². The number of hydrogen-bond acceptors (Lipinski definition) is 4. The lowest BCUT2D eigenvalue weighted by Crippen LogP contribution is -2.50. The van der Waals surface area contributed by atoms with Crippen molar-refractivity contribution < 1.29 is 32.2 Å². The summed E-state index contributed by atoms with van der Waals surface area (Å²) in [6, 6.07) is 6.86. The fourth-order valence-electron chi connectivity index (χ4n) is 4.85. The van der Waals surface area contributed by atoms with E-state index >= 15 is 0 Å². The first-order valence-electron chi connectivity index (χ1n) is 11.9. The number of methoxy groups -OCH3 is 1. The number of nitrogens with zero attached hydrogens (tertiary/aromatic N) is 2. The van der Waals surface area contributed by atoms with E-state index in [2.05, 4.69) is 0 Å². The molecule has 1 aliphatic heterocycles. The van der Waals surface area contributed by atoms with Crippen molar-refractivity contribution in [2.45, 2.75) is 64.0 Å². The molecule has 0 radical (unpaired) electrons. The number of carbonyl (C=O) groups is 2. The summed E-state index contributed by atoms with van der Waals surface area (Å²) in [7, 11) is 1.21. The lowest BCUT2D eigenvalue weighted by Gasteiger charge is -2.44. The molecule has 2 aromatic rings. The third kappa shape index (κ3) is 6.09. The van der Waals surface area contributed by atoms with Crippen molar-refractivity contribution in [2.75, 3.05) is 12.0 Å². The molecule has 0 saturated heterocycles. The van der Waals surface area contributed by atoms with E-state index in [1.807, 2.05) is 0 Å². The minimum Gasteiger partial charge on any atom is -0.453 e. The van der Waals surface area contributed by atoms with Gasteiger partial charge in [-0.05, 0) is 86.6 Å². The first-order chi connectivity index (χ1) is 17.4. The van der Waals surface area contributed by atoms with Crippen LogP contribution >= 0.6 is 23.2 Å². The van der Waals surface area contributed by atoms with Crippen molar-refractivity contribution in [2.24, 2.45) is 5.92 Å². The Balaban J connectivity index is 1.85. The number of carbonyl (C=O) groups excluding carboxylic acids is 2. The maximum Gasteiger partial charge on any atom is 0.416 e. The predicted molar refractivity (Wildman–Crippen MR) is 134 cm³/mol. The fraction of sp³-hybridized carbons (Fsp3) is 0.462. The Hall–Kier alpha value is -2.65. The Kier molecular flexibility index (Phi) is 7.85. The molecule has 11 heteroatoms. The van der Waals surface area contributed by atoms with Crippen LogP contribution in [-0.2, 0) is 22.2 Å². The van der Waals surface area contributed by atoms with E-state index in [0.717, 1.165) is 25.0 Å². The number of alkyl halides is 3. The van der Waals surface area contributed by atoms with Crippen LogP contribution in [0.25, 0.3) is 0 Å². The standard InChI is InChI=1S/C26H27Cl2F3N2O4/c1-14(2)37-25(35)33-21-7-6-17(26(29,30)31)10-20(21)23(12-22(33)16-4-5-16)32(24(34)36-3)13-15-8-18(27)11-19(28)9-15/h6-11,14,16,22-23H,4-5,12-13H2,1-3H3/t22-,23-/m0/s1. The van der Waals surface area contributed by atoms with Crippen LogP contribution in [0, 0.1) is 5.92 Å². The average Bonchev–Trinajstić information content (AvgIpc) is 3.64. The van der Waals surface area contributed by atoms with Gasteiger partial charge in [-0.3, -0.25) is 9.80 Å². The van der Waals surface area contributed by atoms with Crippen LogP contribution in [0.5, 0.6) is 0 Å². The number of ether oxygens (including phenoxy) is 2. The maximum atomic E-state index is 13.7. The quantitative estimate of drug-likeness (QED) is 0.374. The van der Waals surface area contributed by atoms with Crippen LogP contribution in [0.2, 0.25) is 10.0 Å². The van der Waals surface area contributed by atoms with Crippen LogP contribution in [0.3, 0.4) is 0 Å². The summed E-state index contributed by atoms with van der Waals surface area (Å²) in [5.41, 5.74) is 0.172. The largest absolute Gasteiger partial charge is 0.453 e. The van der Waals surface area contributed by atoms with Crippen molar-refractivity contribution in [3.05, 3.63) is 63.1 Å². The Bertz CT molecular complexity index is 1170. The zero-order valence-electron chi connectivity index (χ0n) is 20.5. The van der Waals surface area contributed by atoms with Crippen LogP contribution in [-0.4, -0.2) is 36.3 Å². The molecule has 0 spiro atoms. The van der Waals surface area contributed by atoms with Crippen molar-refractivity contribution in [1.82, 2.24) is 4.90 Å². The van der Waals surface area contributed by atoms with Gasteiger partial charge in [0, 0.05) is 22.6 Å². The second kappa shape index (κ2) is 10.6. The molecule has 0 bridgehead atoms. The highest BCUT2D eigenvalue weighted by Crippen LogP contribution is 2.50. The fourth-order valence-corrected chi connectivity index (χ4v) is 5.42. The molecule has 0 aromatic heterocycles. The van der Waals surface area contributed by atoms with Crippen LogP contribution < -0.4 is 4.90 Å². The highest BCUT2D eigenvalue weighted by atomic mass is 35.5. The van der Waals surface area contributed by atoms with Crippen LogP contribution in [0.1, 0.15) is 55.8 Å². The molecule has 2 aliphatic rings. The summed E-state index contributed by atoms with van der Waals surface area (Å²) in [6.07, 6.45) is -4.44. The number of rotatable bonds is 5. The van der Waals surface area contributed by atoms with E-state index in [1.165, 1.54) is 23.0 Å². The molecule has 1 fully saturated rings. The second-order valence-corrected chi connectivity index (χ2v) is 10.5. The van der Waals surface area contributed by atoms with Crippen LogP contribution in [0.15, 0.2) is 36.4 Å². The van der Waals surface area contributed by atoms with Crippen molar-refractivity contribution in [3.63, 3.8) is 0 Å². The molecular weight excluding hydrogens is 532 g/mol. The van der Waals surface area contributed by atoms with Crippen molar-refractivity contribution in [1.29, 1.82) is 0 Å². The summed E-state index contributed by atoms with van der Waals surface area (Å²) in [4.78, 5) is 29.0. The summed E-state index contributed by atoms with van der Waals surface area (Å²) < 4.78 is 51.8. The maximum absolute atomic E-state index is 13.7. The van der Waals surface area contributed by atoms with Gasteiger partial charge in [-0.15, -0.1) is 0 Å². The minimum atomic E-state index is -4.62. The molecule has 0 unspecified atom stereocenters. The predicted octanol–water partition coefficient (Wildman–Crippen LogP) is 7.86. The monoisotopic (exact) mass is 558 g/mol. The van der Waals surface area contributed by atoms with Gasteiger partial charge in [0.1, 0.15) is 0 Å². The molecule has 1 heterocycles. The van der Waals surface area contributed by atoms with Gasteiger partial charge in [-0.1, -0.05) is 23.2 Å². The number of benzene rings is 2. The molecule has 200 valence electrons. The van der Waals surface area contributed by atoms with Gasteiger partial charge < -0.3 is 9.47 Å². The van der Waals surface area contributed by atoms with Gasteiger partial charge in [0.25, 0.3) is 0 Å². The summed E-state index contributed by atoms with van der Waals surface area (Å²) >= 11 is 12.3. The molecule has 2 atom stereocenters. The molecule has 37 heavy (non-hydrogen) atoms. The topological polar surface area (TPSA) is 59.1 Å². The second-order valence-electron chi connectivity index (χ2n) is 9.61. The van der Waals surface area contributed by atoms with Gasteiger partial charge in [-0.2, -0.15) is 13.2 Å². The third-order valence-electron chi connectivity index (χ3n) is 6.53. The lowest BCUT2D eigenvalue weighted by molar-refractivity contribution is -0.137. The van der Waals surface area contributed by atoms with E-state index < -0.39 is 36.1 Å². The van der Waals surface area contributed by atoms with E-state index in [1.54, 1.807) is 32.0 Å². The number of fused-ring (bicyclic) bond motifs is 1. The molecule has 2 amide bonds. The Morgan fingerprint density at radius 2 is 1.76 bits per heavy atom. The van der Waals surface area contributed by atoms with Gasteiger partial charge in [-0.25, -0.2) is 9.59 Å². The first-order valence-corrected chi connectivity index (χ1v) is 12.6. The summed E-state index contributed by atoms with van der Waals surface area (Å²) in [6.45, 7) is 3.40. The molecule has 1 saturated carbocycles. The molecule has 2 aromatic carbocycles. The van der Waals surface area contributed by atoms with Crippen LogP contribution in [0.4, 0.5) is 28.4 Å². The van der Waals surface area contributed by atoms with E-state index in [-0.39, 0.29) is 36.2 Å². The normalized spacial score (nSPS) is 19.4.